The lowest BCUT2D eigenvalue weighted by Gasteiger charge is -2.15. The Hall–Kier alpha value is -1.23. The van der Waals surface area contributed by atoms with Crippen LogP contribution in [0.3, 0.4) is 0 Å². The van der Waals surface area contributed by atoms with Crippen molar-refractivity contribution in [1.29, 1.82) is 0 Å². The van der Waals surface area contributed by atoms with E-state index in [1.54, 1.807) is 0 Å². The van der Waals surface area contributed by atoms with E-state index in [0.717, 1.165) is 25.6 Å². The first-order valence-electron chi connectivity index (χ1n) is 5.16. The Bertz CT molecular complexity index is 395. The second-order valence-corrected chi connectivity index (χ2v) is 4.14. The fourth-order valence-electron chi connectivity index (χ4n) is 1.93. The fraction of sp³-hybridized carbons (Fsp3) is 0.455. The largest absolute Gasteiger partial charge is 0.378 e. The molecule has 0 radical (unpaired) electrons. The fourth-order valence-corrected chi connectivity index (χ4v) is 1.93. The number of likely N-dealkylation sites (tertiary alicyclic amines) is 1. The van der Waals surface area contributed by atoms with E-state index in [-0.39, 0.29) is 11.7 Å². The van der Waals surface area contributed by atoms with E-state index in [1.807, 2.05) is 7.05 Å². The van der Waals surface area contributed by atoms with Gasteiger partial charge in [-0.25, -0.2) is 13.2 Å². The van der Waals surface area contributed by atoms with Crippen LogP contribution in [0.4, 0.5) is 18.9 Å². The van der Waals surface area contributed by atoms with Gasteiger partial charge in [-0.1, -0.05) is 0 Å². The first-order valence-corrected chi connectivity index (χ1v) is 5.16. The van der Waals surface area contributed by atoms with Gasteiger partial charge in [-0.05, 0) is 20.0 Å². The van der Waals surface area contributed by atoms with Crippen LogP contribution >= 0.6 is 0 Å². The van der Waals surface area contributed by atoms with Crippen molar-refractivity contribution in [3.63, 3.8) is 0 Å². The highest BCUT2D eigenvalue weighted by Gasteiger charge is 2.21. The second-order valence-electron chi connectivity index (χ2n) is 4.14. The highest BCUT2D eigenvalue weighted by molar-refractivity contribution is 5.46. The normalized spacial score (nSPS) is 21.4. The molecule has 0 aliphatic carbocycles. The molecule has 1 aromatic rings. The van der Waals surface area contributed by atoms with E-state index < -0.39 is 17.5 Å². The molecule has 5 heteroatoms. The predicted octanol–water partition coefficient (Wildman–Crippen LogP) is 2.22. The zero-order valence-corrected chi connectivity index (χ0v) is 8.93. The maximum atomic E-state index is 13.3. The van der Waals surface area contributed by atoms with Crippen LogP contribution in [-0.4, -0.2) is 31.1 Å². The van der Waals surface area contributed by atoms with E-state index in [0.29, 0.717) is 6.07 Å². The van der Waals surface area contributed by atoms with Gasteiger partial charge in [0.2, 0.25) is 0 Å². The lowest BCUT2D eigenvalue weighted by molar-refractivity contribution is 0.413. The summed E-state index contributed by atoms with van der Waals surface area (Å²) in [5, 5.41) is 2.82. The second kappa shape index (κ2) is 4.33. The molecule has 1 fully saturated rings. The zero-order valence-electron chi connectivity index (χ0n) is 8.93. The van der Waals surface area contributed by atoms with E-state index >= 15 is 0 Å². The van der Waals surface area contributed by atoms with Crippen molar-refractivity contribution in [3.8, 4) is 0 Å². The Morgan fingerprint density at radius 3 is 2.69 bits per heavy atom. The van der Waals surface area contributed by atoms with E-state index in [2.05, 4.69) is 10.2 Å². The van der Waals surface area contributed by atoms with Crippen molar-refractivity contribution in [2.24, 2.45) is 0 Å². The average molecular weight is 230 g/mol. The van der Waals surface area contributed by atoms with Gasteiger partial charge in [-0.3, -0.25) is 0 Å². The highest BCUT2D eigenvalue weighted by atomic mass is 19.2. The van der Waals surface area contributed by atoms with Crippen LogP contribution in [0.5, 0.6) is 0 Å². The van der Waals surface area contributed by atoms with Gasteiger partial charge in [-0.15, -0.1) is 0 Å². The summed E-state index contributed by atoms with van der Waals surface area (Å²) in [5.74, 6) is -2.95. The molecule has 1 saturated heterocycles. The Labute approximate surface area is 92.1 Å². The molecule has 1 heterocycles. The van der Waals surface area contributed by atoms with Crippen molar-refractivity contribution in [2.45, 2.75) is 12.5 Å². The SMILES string of the molecule is CN1CCC(Nc2cc(F)cc(F)c2F)C1. The maximum Gasteiger partial charge on any atom is 0.182 e. The minimum atomic E-state index is -1.16. The van der Waals surface area contributed by atoms with E-state index in [1.165, 1.54) is 0 Å². The molecule has 0 spiro atoms. The van der Waals surface area contributed by atoms with Crippen LogP contribution in [0.1, 0.15) is 6.42 Å². The van der Waals surface area contributed by atoms with Crippen molar-refractivity contribution < 1.29 is 13.2 Å². The Morgan fingerprint density at radius 1 is 1.31 bits per heavy atom. The third-order valence-corrected chi connectivity index (χ3v) is 2.74. The van der Waals surface area contributed by atoms with Gasteiger partial charge in [0, 0.05) is 24.7 Å². The molecule has 0 saturated carbocycles. The summed E-state index contributed by atoms with van der Waals surface area (Å²) in [4.78, 5) is 2.07. The molecule has 1 aliphatic heterocycles. The van der Waals surface area contributed by atoms with Crippen LogP contribution in [0.25, 0.3) is 0 Å². The topological polar surface area (TPSA) is 15.3 Å². The molecule has 0 bridgehead atoms. The molecule has 1 unspecified atom stereocenters. The average Bonchev–Trinajstić information content (AvgIpc) is 2.60. The Morgan fingerprint density at radius 2 is 2.06 bits per heavy atom. The first-order chi connectivity index (χ1) is 7.56. The number of nitrogens with one attached hydrogen (secondary N) is 1. The predicted molar refractivity (Wildman–Crippen MR) is 55.8 cm³/mol. The minimum Gasteiger partial charge on any atom is -0.378 e. The highest BCUT2D eigenvalue weighted by Crippen LogP contribution is 2.21. The number of halogens is 3. The molecule has 16 heavy (non-hydrogen) atoms. The van der Waals surface area contributed by atoms with Crippen LogP contribution in [0, 0.1) is 17.5 Å². The summed E-state index contributed by atoms with van der Waals surface area (Å²) in [5.41, 5.74) is -0.0993. The molecule has 2 nitrogen and oxygen atoms in total. The van der Waals surface area contributed by atoms with Gasteiger partial charge in [0.15, 0.2) is 11.6 Å². The summed E-state index contributed by atoms with van der Waals surface area (Å²) < 4.78 is 39.1. The lowest BCUT2D eigenvalue weighted by Crippen LogP contribution is -2.24. The van der Waals surface area contributed by atoms with Crippen molar-refractivity contribution in [1.82, 2.24) is 4.90 Å². The number of likely N-dealkylation sites (N-methyl/N-ethyl adjacent to an activating group) is 1. The van der Waals surface area contributed by atoms with Gasteiger partial charge in [-0.2, -0.15) is 0 Å². The van der Waals surface area contributed by atoms with E-state index in [4.69, 9.17) is 0 Å². The van der Waals surface area contributed by atoms with Crippen molar-refractivity contribution >= 4 is 5.69 Å². The van der Waals surface area contributed by atoms with Gasteiger partial charge < -0.3 is 10.2 Å². The summed E-state index contributed by atoms with van der Waals surface area (Å²) in [7, 11) is 1.95. The smallest absolute Gasteiger partial charge is 0.182 e. The van der Waals surface area contributed by atoms with Crippen LogP contribution in [0.2, 0.25) is 0 Å². The van der Waals surface area contributed by atoms with Gasteiger partial charge >= 0.3 is 0 Å². The molecule has 1 aliphatic rings. The molecule has 0 aromatic heterocycles. The quantitative estimate of drug-likeness (QED) is 0.784. The number of hydrogen-bond donors (Lipinski definition) is 1. The molecule has 1 aromatic carbocycles. The molecular weight excluding hydrogens is 217 g/mol. The summed E-state index contributed by atoms with van der Waals surface area (Å²) in [6.07, 6.45) is 0.841. The third kappa shape index (κ3) is 2.29. The molecule has 88 valence electrons. The van der Waals surface area contributed by atoms with Crippen LogP contribution in [-0.2, 0) is 0 Å². The van der Waals surface area contributed by atoms with E-state index in [9.17, 15) is 13.2 Å². The van der Waals surface area contributed by atoms with Crippen molar-refractivity contribution in [3.05, 3.63) is 29.6 Å². The third-order valence-electron chi connectivity index (χ3n) is 2.74. The number of anilines is 1. The van der Waals surface area contributed by atoms with Gasteiger partial charge in [0.25, 0.3) is 0 Å². The monoisotopic (exact) mass is 230 g/mol. The minimum absolute atomic E-state index is 0.0423. The number of benzene rings is 1. The summed E-state index contributed by atoms with van der Waals surface area (Å²) in [6, 6.07) is 1.57. The first kappa shape index (κ1) is 11.3. The van der Waals surface area contributed by atoms with Crippen molar-refractivity contribution in [2.75, 3.05) is 25.5 Å². The molecule has 2 rings (SSSR count). The van der Waals surface area contributed by atoms with Crippen LogP contribution < -0.4 is 5.32 Å². The molecular formula is C11H13F3N2. The van der Waals surface area contributed by atoms with Crippen LogP contribution in [0.15, 0.2) is 12.1 Å². The van der Waals surface area contributed by atoms with Gasteiger partial charge in [0.05, 0.1) is 5.69 Å². The molecule has 1 atom stereocenters. The summed E-state index contributed by atoms with van der Waals surface area (Å²) >= 11 is 0. The standard InChI is InChI=1S/C11H13F3N2/c1-16-3-2-8(6-16)15-10-5-7(12)4-9(13)11(10)14/h4-5,8,15H,2-3,6H2,1H3. The molecule has 0 amide bonds. The number of nitrogens with zero attached hydrogens (tertiary/aromatic N) is 1. The zero-order chi connectivity index (χ0) is 11.7. The lowest BCUT2D eigenvalue weighted by atomic mass is 10.2. The summed E-state index contributed by atoms with van der Waals surface area (Å²) in [6.45, 7) is 1.65. The number of rotatable bonds is 2. The van der Waals surface area contributed by atoms with Gasteiger partial charge in [0.1, 0.15) is 5.82 Å². The number of hydrogen-bond acceptors (Lipinski definition) is 2. The Balaban J connectivity index is 2.15. The molecule has 1 N–H and O–H groups in total. The Kier molecular flexibility index (Phi) is 3.05. The maximum absolute atomic E-state index is 13.3.